The average Bonchev–Trinajstić information content (AvgIpc) is 3.55. The predicted octanol–water partition coefficient (Wildman–Crippen LogP) is 5.22. The number of nitrogens with zero attached hydrogens (tertiary/aromatic N) is 1. The van der Waals surface area contributed by atoms with Gasteiger partial charge in [-0.3, -0.25) is 4.79 Å². The van der Waals surface area contributed by atoms with Crippen LogP contribution in [0.5, 0.6) is 5.75 Å². The fourth-order valence-corrected chi connectivity index (χ4v) is 6.06. The number of carbonyl (C=O) groups excluding carboxylic acids is 2. The number of allylic oxidation sites excluding steroid dienone is 3. The van der Waals surface area contributed by atoms with Crippen LogP contribution in [0.4, 0.5) is 10.5 Å². The van der Waals surface area contributed by atoms with Gasteiger partial charge in [-0.1, -0.05) is 42.3 Å². The summed E-state index contributed by atoms with van der Waals surface area (Å²) in [6.07, 6.45) is 6.66. The molecule has 9 heteroatoms. The van der Waals surface area contributed by atoms with Crippen LogP contribution in [-0.4, -0.2) is 62.7 Å². The summed E-state index contributed by atoms with van der Waals surface area (Å²) in [5, 5.41) is 3.38. The van der Waals surface area contributed by atoms with E-state index in [4.69, 9.17) is 30.5 Å². The molecule has 1 N–H and O–H groups in total. The van der Waals surface area contributed by atoms with Crippen LogP contribution in [0.1, 0.15) is 52.5 Å². The van der Waals surface area contributed by atoms with Gasteiger partial charge in [0.05, 0.1) is 36.1 Å². The number of halogens is 1. The van der Waals surface area contributed by atoms with E-state index in [1.54, 1.807) is 26.2 Å². The Morgan fingerprint density at radius 1 is 1.21 bits per heavy atom. The van der Waals surface area contributed by atoms with E-state index in [9.17, 15) is 9.59 Å². The molecule has 2 fully saturated rings. The van der Waals surface area contributed by atoms with Crippen molar-refractivity contribution in [2.24, 2.45) is 5.92 Å². The van der Waals surface area contributed by atoms with Crippen LogP contribution >= 0.6 is 11.6 Å². The van der Waals surface area contributed by atoms with Crippen molar-refractivity contribution in [3.8, 4) is 5.75 Å². The zero-order valence-electron chi connectivity index (χ0n) is 23.3. The lowest BCUT2D eigenvalue weighted by molar-refractivity contribution is -0.118. The third kappa shape index (κ3) is 5.72. The van der Waals surface area contributed by atoms with Crippen LogP contribution in [0.15, 0.2) is 35.9 Å². The van der Waals surface area contributed by atoms with Crippen molar-refractivity contribution >= 4 is 29.3 Å². The van der Waals surface area contributed by atoms with Crippen LogP contribution in [0.2, 0.25) is 5.02 Å². The van der Waals surface area contributed by atoms with E-state index in [-0.39, 0.29) is 36.6 Å². The second-order valence-corrected chi connectivity index (χ2v) is 11.6. The number of carbonyl (C=O) groups is 2. The summed E-state index contributed by atoms with van der Waals surface area (Å²) in [5.74, 6) is 0.403. The standard InChI is InChI=1S/C29H39ClN2O6/c1-17-9-8-10-23(36-7)28(3)16-22(37-27(34)31-28)18(2)26-29(4,38-26)12-11-24(33)32(5)20-14-19(13-17)15-21(35-6)25(20)30/h8-10,14-15,18,22-23,26H,11-13,16H2,1-7H3,(H,31,34)/b10-8+,17-9+/t18-,22?,23-,26+,28-,29+/m1/s1. The molecule has 3 aliphatic rings. The minimum Gasteiger partial charge on any atom is -0.495 e. The number of hydrogen-bond donors (Lipinski definition) is 1. The van der Waals surface area contributed by atoms with Crippen molar-refractivity contribution in [3.63, 3.8) is 0 Å². The Kier molecular flexibility index (Phi) is 8.17. The highest BCUT2D eigenvalue weighted by Gasteiger charge is 2.58. The Labute approximate surface area is 230 Å². The molecule has 3 heterocycles. The van der Waals surface area contributed by atoms with Gasteiger partial charge in [0.25, 0.3) is 0 Å². The molecule has 1 unspecified atom stereocenters. The van der Waals surface area contributed by atoms with Gasteiger partial charge in [-0.2, -0.15) is 0 Å². The number of rotatable bonds is 2. The number of benzene rings is 1. The lowest BCUT2D eigenvalue weighted by Gasteiger charge is -2.43. The van der Waals surface area contributed by atoms with Gasteiger partial charge in [-0.05, 0) is 51.3 Å². The third-order valence-electron chi connectivity index (χ3n) is 8.18. The molecule has 4 bridgehead atoms. The smallest absolute Gasteiger partial charge is 0.407 e. The number of epoxide rings is 1. The molecule has 3 aliphatic heterocycles. The maximum atomic E-state index is 13.2. The van der Waals surface area contributed by atoms with E-state index in [0.717, 1.165) is 11.1 Å². The van der Waals surface area contributed by atoms with E-state index in [1.165, 1.54) is 0 Å². The topological polar surface area (TPSA) is 89.6 Å². The lowest BCUT2D eigenvalue weighted by Crippen LogP contribution is -2.61. The first-order chi connectivity index (χ1) is 17.9. The second-order valence-electron chi connectivity index (χ2n) is 11.2. The second kappa shape index (κ2) is 10.9. The first kappa shape index (κ1) is 28.5. The average molecular weight is 547 g/mol. The molecule has 0 aromatic heterocycles. The van der Waals surface area contributed by atoms with E-state index in [2.05, 4.69) is 5.32 Å². The monoisotopic (exact) mass is 546 g/mol. The van der Waals surface area contributed by atoms with E-state index in [1.807, 2.05) is 58.1 Å². The number of nitrogens with one attached hydrogen (secondary N) is 1. The Bertz CT molecular complexity index is 1150. The van der Waals surface area contributed by atoms with Crippen LogP contribution in [0, 0.1) is 5.92 Å². The zero-order chi connectivity index (χ0) is 27.8. The first-order valence-electron chi connectivity index (χ1n) is 13.1. The number of ether oxygens (including phenoxy) is 4. The largest absolute Gasteiger partial charge is 0.495 e. The van der Waals surface area contributed by atoms with Crippen molar-refractivity contribution in [1.29, 1.82) is 0 Å². The molecule has 1 aromatic rings. The molecule has 0 spiro atoms. The van der Waals surface area contributed by atoms with Gasteiger partial charge in [-0.15, -0.1) is 0 Å². The SMILES string of the molecule is COc1cc2cc(c1Cl)N(C)C(=O)CC[C@]1(C)O[C@H]1[C@H](C)C1C[C@@](C)(NC(=O)O1)[C@H](OC)/C=C/C=C(\C)C2. The predicted molar refractivity (Wildman–Crippen MR) is 147 cm³/mol. The third-order valence-corrected chi connectivity index (χ3v) is 8.56. The Hall–Kier alpha value is -2.55. The van der Waals surface area contributed by atoms with Gasteiger partial charge in [0.15, 0.2) is 0 Å². The quantitative estimate of drug-likeness (QED) is 0.512. The first-order valence-corrected chi connectivity index (χ1v) is 13.4. The van der Waals surface area contributed by atoms with Crippen LogP contribution in [-0.2, 0) is 25.4 Å². The van der Waals surface area contributed by atoms with Crippen molar-refractivity contribution in [2.75, 3.05) is 26.2 Å². The minimum atomic E-state index is -0.660. The summed E-state index contributed by atoms with van der Waals surface area (Å²) in [4.78, 5) is 27.5. The molecule has 0 aliphatic carbocycles. The number of alkyl carbamates (subject to hydrolysis) is 1. The maximum Gasteiger partial charge on any atom is 0.407 e. The van der Waals surface area contributed by atoms with Gasteiger partial charge in [-0.25, -0.2) is 4.79 Å². The highest BCUT2D eigenvalue weighted by atomic mass is 35.5. The molecule has 4 rings (SSSR count). The van der Waals surface area contributed by atoms with Crippen molar-refractivity contribution in [2.45, 2.75) is 82.8 Å². The van der Waals surface area contributed by atoms with Gasteiger partial charge in [0.1, 0.15) is 16.9 Å². The van der Waals surface area contributed by atoms with Gasteiger partial charge in [0, 0.05) is 32.9 Å². The highest BCUT2D eigenvalue weighted by molar-refractivity contribution is 6.35. The number of amides is 2. The lowest BCUT2D eigenvalue weighted by atomic mass is 9.80. The van der Waals surface area contributed by atoms with E-state index < -0.39 is 17.2 Å². The fraction of sp³-hybridized carbons (Fsp3) is 0.586. The Morgan fingerprint density at radius 3 is 2.63 bits per heavy atom. The van der Waals surface area contributed by atoms with Crippen LogP contribution < -0.4 is 15.0 Å². The normalized spacial score (nSPS) is 36.3. The molecule has 2 saturated heterocycles. The minimum absolute atomic E-state index is 0.0562. The zero-order valence-corrected chi connectivity index (χ0v) is 24.1. The number of anilines is 1. The molecule has 0 radical (unpaired) electrons. The van der Waals surface area contributed by atoms with E-state index in [0.29, 0.717) is 35.7 Å². The summed E-state index contributed by atoms with van der Waals surface area (Å²) in [7, 11) is 4.94. The Balaban J connectivity index is 1.71. The molecule has 208 valence electrons. The summed E-state index contributed by atoms with van der Waals surface area (Å²) < 4.78 is 23.2. The molecule has 2 amide bonds. The maximum absolute atomic E-state index is 13.2. The van der Waals surface area contributed by atoms with Crippen LogP contribution in [0.3, 0.4) is 0 Å². The van der Waals surface area contributed by atoms with E-state index >= 15 is 0 Å². The van der Waals surface area contributed by atoms with Gasteiger partial charge >= 0.3 is 6.09 Å². The van der Waals surface area contributed by atoms with Gasteiger partial charge in [0.2, 0.25) is 5.91 Å². The molecule has 6 atom stereocenters. The molecular formula is C29H39ClN2O6. The van der Waals surface area contributed by atoms with Crippen molar-refractivity contribution < 1.29 is 28.5 Å². The Morgan fingerprint density at radius 2 is 1.95 bits per heavy atom. The fourth-order valence-electron chi connectivity index (χ4n) is 5.75. The van der Waals surface area contributed by atoms with Crippen LogP contribution in [0.25, 0.3) is 0 Å². The molecule has 38 heavy (non-hydrogen) atoms. The van der Waals surface area contributed by atoms with Crippen molar-refractivity contribution in [3.05, 3.63) is 46.5 Å². The molecular weight excluding hydrogens is 508 g/mol. The molecule has 8 nitrogen and oxygen atoms in total. The molecule has 1 aromatic carbocycles. The summed E-state index contributed by atoms with van der Waals surface area (Å²) in [5.41, 5.74) is 1.54. The summed E-state index contributed by atoms with van der Waals surface area (Å²) in [6.45, 7) is 8.07. The summed E-state index contributed by atoms with van der Waals surface area (Å²) in [6, 6.07) is 3.84. The molecule has 0 saturated carbocycles. The van der Waals surface area contributed by atoms with Gasteiger partial charge < -0.3 is 29.2 Å². The highest BCUT2D eigenvalue weighted by Crippen LogP contribution is 2.48. The number of hydrogen-bond acceptors (Lipinski definition) is 6. The number of methoxy groups -OCH3 is 2. The summed E-state index contributed by atoms with van der Waals surface area (Å²) >= 11 is 6.63. The van der Waals surface area contributed by atoms with Crippen molar-refractivity contribution in [1.82, 2.24) is 5.32 Å². The number of fused-ring (bicyclic) bond motifs is 5.